The number of guanidine groups is 1. The van der Waals surface area contributed by atoms with E-state index in [2.05, 4.69) is 25.7 Å². The largest absolute Gasteiger partial charge is 0.385 e. The highest BCUT2D eigenvalue weighted by molar-refractivity contribution is 5.79. The highest BCUT2D eigenvalue weighted by atomic mass is 16.5. The number of ether oxygens (including phenoxy) is 2. The maximum absolute atomic E-state index is 5.09. The molecule has 0 spiro atoms. The number of aryl methyl sites for hydroxylation is 1. The summed E-state index contributed by atoms with van der Waals surface area (Å²) < 4.78 is 12.1. The predicted octanol–water partition coefficient (Wildman–Crippen LogP) is -0.0592. The highest BCUT2D eigenvalue weighted by Gasteiger charge is 2.22. The maximum Gasteiger partial charge on any atom is 0.191 e. The Hall–Kier alpha value is -1.67. The van der Waals surface area contributed by atoms with Gasteiger partial charge in [-0.1, -0.05) is 0 Å². The molecule has 0 aromatic carbocycles. The second kappa shape index (κ2) is 8.70. The van der Waals surface area contributed by atoms with E-state index in [0.29, 0.717) is 12.6 Å². The van der Waals surface area contributed by atoms with Crippen molar-refractivity contribution in [1.82, 2.24) is 25.4 Å². The van der Waals surface area contributed by atoms with Crippen LogP contribution in [0, 0.1) is 0 Å². The van der Waals surface area contributed by atoms with Gasteiger partial charge in [-0.05, 0) is 12.8 Å². The molecule has 0 bridgehead atoms. The second-order valence-electron chi connectivity index (χ2n) is 5.28. The van der Waals surface area contributed by atoms with Crippen molar-refractivity contribution in [2.75, 3.05) is 34.4 Å². The minimum absolute atomic E-state index is 0.304. The molecule has 1 aliphatic heterocycles. The molecule has 1 aromatic heterocycles. The standard InChI is InChI=1S/C14H26N6O2/c1-15-14(16-7-4-8-21-2)17-11-5-6-13-18-12(10-22-3)19-20(13)9-11/h11H,4-10H2,1-3H3,(H2,15,16,17). The normalized spacial score (nSPS) is 18.1. The topological polar surface area (TPSA) is 85.6 Å². The van der Waals surface area contributed by atoms with E-state index in [-0.39, 0.29) is 0 Å². The summed E-state index contributed by atoms with van der Waals surface area (Å²) in [4.78, 5) is 8.74. The first-order valence-electron chi connectivity index (χ1n) is 7.64. The number of aromatic nitrogens is 3. The third kappa shape index (κ3) is 4.67. The molecule has 0 fully saturated rings. The van der Waals surface area contributed by atoms with Crippen molar-refractivity contribution in [3.05, 3.63) is 11.6 Å². The molecule has 2 heterocycles. The van der Waals surface area contributed by atoms with E-state index in [1.807, 2.05) is 4.68 Å². The van der Waals surface area contributed by atoms with E-state index in [0.717, 1.165) is 56.6 Å². The van der Waals surface area contributed by atoms with Crippen LogP contribution in [0.4, 0.5) is 0 Å². The Bertz CT molecular complexity index is 488. The lowest BCUT2D eigenvalue weighted by molar-refractivity contribution is 0.177. The number of fused-ring (bicyclic) bond motifs is 1. The van der Waals surface area contributed by atoms with Gasteiger partial charge in [0.15, 0.2) is 11.8 Å². The van der Waals surface area contributed by atoms with Gasteiger partial charge < -0.3 is 20.1 Å². The van der Waals surface area contributed by atoms with E-state index in [4.69, 9.17) is 9.47 Å². The van der Waals surface area contributed by atoms with Crippen LogP contribution in [-0.4, -0.2) is 61.2 Å². The molecule has 1 aromatic rings. The van der Waals surface area contributed by atoms with Crippen LogP contribution in [0.25, 0.3) is 0 Å². The van der Waals surface area contributed by atoms with E-state index in [1.54, 1.807) is 21.3 Å². The van der Waals surface area contributed by atoms with E-state index < -0.39 is 0 Å². The Balaban J connectivity index is 1.83. The Morgan fingerprint density at radius 2 is 2.27 bits per heavy atom. The van der Waals surface area contributed by atoms with Crippen LogP contribution in [0.2, 0.25) is 0 Å². The molecule has 1 atom stereocenters. The fourth-order valence-electron chi connectivity index (χ4n) is 2.48. The lowest BCUT2D eigenvalue weighted by Crippen LogP contribution is -2.47. The Labute approximate surface area is 131 Å². The number of hydrogen-bond acceptors (Lipinski definition) is 5. The van der Waals surface area contributed by atoms with Crippen molar-refractivity contribution in [3.8, 4) is 0 Å². The van der Waals surface area contributed by atoms with Gasteiger partial charge in [-0.3, -0.25) is 4.99 Å². The monoisotopic (exact) mass is 310 g/mol. The summed E-state index contributed by atoms with van der Waals surface area (Å²) >= 11 is 0. The molecule has 8 heteroatoms. The summed E-state index contributed by atoms with van der Waals surface area (Å²) in [6.45, 7) is 2.84. The van der Waals surface area contributed by atoms with Gasteiger partial charge >= 0.3 is 0 Å². The second-order valence-corrected chi connectivity index (χ2v) is 5.28. The van der Waals surface area contributed by atoms with Crippen molar-refractivity contribution in [2.24, 2.45) is 4.99 Å². The molecule has 2 rings (SSSR count). The quantitative estimate of drug-likeness (QED) is 0.417. The molecule has 0 radical (unpaired) electrons. The lowest BCUT2D eigenvalue weighted by atomic mass is 10.1. The van der Waals surface area contributed by atoms with Crippen molar-refractivity contribution in [1.29, 1.82) is 0 Å². The molecule has 2 N–H and O–H groups in total. The molecule has 1 aliphatic rings. The van der Waals surface area contributed by atoms with Gasteiger partial charge in [0.05, 0.1) is 6.54 Å². The molecular formula is C14H26N6O2. The van der Waals surface area contributed by atoms with Gasteiger partial charge in [-0.2, -0.15) is 5.10 Å². The van der Waals surface area contributed by atoms with Gasteiger partial charge in [0.2, 0.25) is 0 Å². The fourth-order valence-corrected chi connectivity index (χ4v) is 2.48. The Morgan fingerprint density at radius 1 is 1.41 bits per heavy atom. The Morgan fingerprint density at radius 3 is 3.00 bits per heavy atom. The molecule has 124 valence electrons. The number of hydrogen-bond donors (Lipinski definition) is 2. The smallest absolute Gasteiger partial charge is 0.191 e. The van der Waals surface area contributed by atoms with Crippen LogP contribution in [0.3, 0.4) is 0 Å². The van der Waals surface area contributed by atoms with Crippen LogP contribution >= 0.6 is 0 Å². The third-order valence-electron chi connectivity index (χ3n) is 3.56. The molecule has 1 unspecified atom stereocenters. The zero-order valence-electron chi connectivity index (χ0n) is 13.6. The molecule has 8 nitrogen and oxygen atoms in total. The summed E-state index contributed by atoms with van der Waals surface area (Å²) in [6, 6.07) is 0.304. The first-order valence-corrected chi connectivity index (χ1v) is 7.64. The highest BCUT2D eigenvalue weighted by Crippen LogP contribution is 2.13. The average molecular weight is 310 g/mol. The number of rotatable bonds is 7. The molecular weight excluding hydrogens is 284 g/mol. The SMILES string of the molecule is CN=C(NCCCOC)NC1CCc2nc(COC)nn2C1. The maximum atomic E-state index is 5.09. The number of nitrogens with one attached hydrogen (secondary N) is 2. The average Bonchev–Trinajstić information content (AvgIpc) is 2.92. The van der Waals surface area contributed by atoms with Gasteiger partial charge in [0.25, 0.3) is 0 Å². The minimum Gasteiger partial charge on any atom is -0.385 e. The number of aliphatic imine (C=N–C) groups is 1. The van der Waals surface area contributed by atoms with Crippen LogP contribution in [0.1, 0.15) is 24.5 Å². The first kappa shape index (κ1) is 16.7. The zero-order valence-corrected chi connectivity index (χ0v) is 13.6. The van der Waals surface area contributed by atoms with E-state index in [1.165, 1.54) is 0 Å². The molecule has 0 amide bonds. The minimum atomic E-state index is 0.304. The van der Waals surface area contributed by atoms with Crippen molar-refractivity contribution in [3.63, 3.8) is 0 Å². The van der Waals surface area contributed by atoms with Crippen LogP contribution < -0.4 is 10.6 Å². The predicted molar refractivity (Wildman–Crippen MR) is 83.8 cm³/mol. The van der Waals surface area contributed by atoms with Crippen molar-refractivity contribution >= 4 is 5.96 Å². The number of nitrogens with zero attached hydrogens (tertiary/aromatic N) is 4. The van der Waals surface area contributed by atoms with Crippen molar-refractivity contribution in [2.45, 2.75) is 38.5 Å². The molecule has 22 heavy (non-hydrogen) atoms. The van der Waals surface area contributed by atoms with Gasteiger partial charge in [-0.25, -0.2) is 9.67 Å². The Kier molecular flexibility index (Phi) is 6.60. The van der Waals surface area contributed by atoms with Crippen molar-refractivity contribution < 1.29 is 9.47 Å². The molecule has 0 aliphatic carbocycles. The summed E-state index contributed by atoms with van der Waals surface area (Å²) in [5.41, 5.74) is 0. The summed E-state index contributed by atoms with van der Waals surface area (Å²) in [5.74, 6) is 2.61. The summed E-state index contributed by atoms with van der Waals surface area (Å²) in [6.07, 6.45) is 2.88. The summed E-state index contributed by atoms with van der Waals surface area (Å²) in [5, 5.41) is 11.2. The first-order chi connectivity index (χ1) is 10.8. The van der Waals surface area contributed by atoms with Gasteiger partial charge in [-0.15, -0.1) is 0 Å². The van der Waals surface area contributed by atoms with Gasteiger partial charge in [0.1, 0.15) is 12.4 Å². The fraction of sp³-hybridized carbons (Fsp3) is 0.786. The van der Waals surface area contributed by atoms with E-state index >= 15 is 0 Å². The third-order valence-corrected chi connectivity index (χ3v) is 3.56. The molecule has 0 saturated carbocycles. The van der Waals surface area contributed by atoms with Crippen LogP contribution in [0.5, 0.6) is 0 Å². The lowest BCUT2D eigenvalue weighted by Gasteiger charge is -2.25. The summed E-state index contributed by atoms with van der Waals surface area (Å²) in [7, 11) is 5.15. The van der Waals surface area contributed by atoms with Crippen LogP contribution in [-0.2, 0) is 29.0 Å². The molecule has 0 saturated heterocycles. The van der Waals surface area contributed by atoms with Gasteiger partial charge in [0, 0.05) is 46.9 Å². The number of methoxy groups -OCH3 is 2. The van der Waals surface area contributed by atoms with E-state index in [9.17, 15) is 0 Å². The van der Waals surface area contributed by atoms with Crippen LogP contribution in [0.15, 0.2) is 4.99 Å². The zero-order chi connectivity index (χ0) is 15.8.